The van der Waals surface area contributed by atoms with E-state index in [1.54, 1.807) is 19.1 Å². The van der Waals surface area contributed by atoms with Crippen LogP contribution in [0.3, 0.4) is 0 Å². The van der Waals surface area contributed by atoms with Crippen molar-refractivity contribution in [3.8, 4) is 5.75 Å². The summed E-state index contributed by atoms with van der Waals surface area (Å²) < 4.78 is 5.15. The lowest BCUT2D eigenvalue weighted by Gasteiger charge is -2.19. The average Bonchev–Trinajstić information content (AvgIpc) is 3.25. The van der Waals surface area contributed by atoms with Crippen LogP contribution in [-0.2, 0) is 25.5 Å². The van der Waals surface area contributed by atoms with Crippen molar-refractivity contribution in [1.82, 2.24) is 10.6 Å². The SMILES string of the molecule is C[C@]1(C(=O)[C@H](Cc2ccc(O)cc2)NC(=O)CNC=O)CO1. The monoisotopic (exact) mass is 306 g/mol. The molecule has 118 valence electrons. The van der Waals surface area contributed by atoms with Crippen molar-refractivity contribution < 1.29 is 24.2 Å². The first kappa shape index (κ1) is 16.0. The molecule has 1 aliphatic heterocycles. The minimum atomic E-state index is -0.854. The lowest BCUT2D eigenvalue weighted by Crippen LogP contribution is -2.49. The second kappa shape index (κ2) is 6.57. The number of Topliss-reactive ketones (excluding diaryl/α,β-unsaturated/α-hetero) is 1. The summed E-state index contributed by atoms with van der Waals surface area (Å²) in [6.45, 7) is 1.82. The molecule has 1 aromatic carbocycles. The molecular weight excluding hydrogens is 288 g/mol. The highest BCUT2D eigenvalue weighted by molar-refractivity contribution is 5.97. The Morgan fingerprint density at radius 1 is 1.41 bits per heavy atom. The summed E-state index contributed by atoms with van der Waals surface area (Å²) in [4.78, 5) is 34.4. The van der Waals surface area contributed by atoms with Gasteiger partial charge in [-0.2, -0.15) is 0 Å². The molecule has 0 aliphatic carbocycles. The minimum absolute atomic E-state index is 0.128. The largest absolute Gasteiger partial charge is 0.508 e. The summed E-state index contributed by atoms with van der Waals surface area (Å²) in [5.74, 6) is -0.531. The Morgan fingerprint density at radius 2 is 2.05 bits per heavy atom. The molecule has 0 radical (unpaired) electrons. The molecule has 2 amide bonds. The van der Waals surface area contributed by atoms with E-state index in [0.717, 1.165) is 5.56 Å². The van der Waals surface area contributed by atoms with Gasteiger partial charge in [0.15, 0.2) is 5.78 Å². The van der Waals surface area contributed by atoms with Crippen LogP contribution in [0.15, 0.2) is 24.3 Å². The molecule has 0 spiro atoms. The number of ketones is 1. The maximum atomic E-state index is 12.4. The summed E-state index contributed by atoms with van der Waals surface area (Å²) >= 11 is 0. The zero-order valence-corrected chi connectivity index (χ0v) is 12.2. The molecular formula is C15H18N2O5. The van der Waals surface area contributed by atoms with Crippen LogP contribution in [0.4, 0.5) is 0 Å². The zero-order valence-electron chi connectivity index (χ0n) is 12.2. The number of aromatic hydroxyl groups is 1. The van der Waals surface area contributed by atoms with Crippen molar-refractivity contribution in [2.75, 3.05) is 13.2 Å². The standard InChI is InChI=1S/C15H18N2O5/c1-15(8-22-15)14(21)12(17-13(20)7-16-9-18)6-10-2-4-11(19)5-3-10/h2-5,9,12,19H,6-8H2,1H3,(H,16,18)(H,17,20)/t12-,15+/m0/s1. The van der Waals surface area contributed by atoms with Gasteiger partial charge in [0.1, 0.15) is 11.4 Å². The fourth-order valence-corrected chi connectivity index (χ4v) is 2.08. The Morgan fingerprint density at radius 3 is 2.59 bits per heavy atom. The molecule has 22 heavy (non-hydrogen) atoms. The number of amides is 2. The fraction of sp³-hybridized carbons (Fsp3) is 0.400. The third-order valence-electron chi connectivity index (χ3n) is 3.47. The Labute approximate surface area is 127 Å². The maximum Gasteiger partial charge on any atom is 0.239 e. The highest BCUT2D eigenvalue weighted by Gasteiger charge is 2.49. The molecule has 1 aromatic rings. The molecule has 2 atom stereocenters. The lowest BCUT2D eigenvalue weighted by molar-refractivity contribution is -0.130. The summed E-state index contributed by atoms with van der Waals surface area (Å²) in [7, 11) is 0. The second-order valence-electron chi connectivity index (χ2n) is 5.37. The molecule has 0 aromatic heterocycles. The summed E-state index contributed by atoms with van der Waals surface area (Å²) in [6.07, 6.45) is 0.701. The molecule has 1 saturated heterocycles. The molecule has 0 saturated carbocycles. The molecule has 2 rings (SSSR count). The van der Waals surface area contributed by atoms with Gasteiger partial charge in [-0.3, -0.25) is 14.4 Å². The van der Waals surface area contributed by atoms with Crippen LogP contribution in [0.2, 0.25) is 0 Å². The highest BCUT2D eigenvalue weighted by Crippen LogP contribution is 2.29. The quantitative estimate of drug-likeness (QED) is 0.444. The van der Waals surface area contributed by atoms with Gasteiger partial charge < -0.3 is 20.5 Å². The van der Waals surface area contributed by atoms with Gasteiger partial charge in [-0.1, -0.05) is 12.1 Å². The molecule has 0 bridgehead atoms. The van der Waals surface area contributed by atoms with Crippen LogP contribution in [0.1, 0.15) is 12.5 Å². The topological polar surface area (TPSA) is 108 Å². The Balaban J connectivity index is 2.07. The normalized spacial score (nSPS) is 20.8. The number of nitrogens with one attached hydrogen (secondary N) is 2. The molecule has 7 nitrogen and oxygen atoms in total. The number of ether oxygens (including phenoxy) is 1. The van der Waals surface area contributed by atoms with Gasteiger partial charge in [0, 0.05) is 0 Å². The van der Waals surface area contributed by atoms with Gasteiger partial charge in [0.25, 0.3) is 0 Å². The Kier molecular flexibility index (Phi) is 4.77. The van der Waals surface area contributed by atoms with Crippen molar-refractivity contribution in [2.45, 2.75) is 25.0 Å². The van der Waals surface area contributed by atoms with Crippen LogP contribution >= 0.6 is 0 Å². The number of phenolic OH excluding ortho intramolecular Hbond substituents is 1. The first-order valence-corrected chi connectivity index (χ1v) is 6.87. The minimum Gasteiger partial charge on any atom is -0.508 e. The predicted octanol–water partition coefficient (Wildman–Crippen LogP) is -0.477. The van der Waals surface area contributed by atoms with Crippen LogP contribution < -0.4 is 10.6 Å². The van der Waals surface area contributed by atoms with Crippen LogP contribution in [0.5, 0.6) is 5.75 Å². The molecule has 3 N–H and O–H groups in total. The summed E-state index contributed by atoms with van der Waals surface area (Å²) in [5.41, 5.74) is -0.0588. The van der Waals surface area contributed by atoms with Crippen molar-refractivity contribution in [2.24, 2.45) is 0 Å². The first-order chi connectivity index (χ1) is 10.4. The Bertz CT molecular complexity index is 566. The van der Waals surface area contributed by atoms with E-state index in [1.165, 1.54) is 12.1 Å². The number of carbonyl (C=O) groups is 3. The zero-order chi connectivity index (χ0) is 16.2. The summed E-state index contributed by atoms with van der Waals surface area (Å²) in [5, 5.41) is 14.1. The first-order valence-electron chi connectivity index (χ1n) is 6.87. The van der Waals surface area contributed by atoms with E-state index >= 15 is 0 Å². The van der Waals surface area contributed by atoms with Gasteiger partial charge in [-0.25, -0.2) is 0 Å². The van der Waals surface area contributed by atoms with Crippen LogP contribution in [-0.4, -0.2) is 48.0 Å². The van der Waals surface area contributed by atoms with E-state index in [1.807, 2.05) is 0 Å². The second-order valence-corrected chi connectivity index (χ2v) is 5.37. The van der Waals surface area contributed by atoms with Crippen molar-refractivity contribution in [3.05, 3.63) is 29.8 Å². The lowest BCUT2D eigenvalue weighted by atomic mass is 9.95. The smallest absolute Gasteiger partial charge is 0.239 e. The van der Waals surface area contributed by atoms with Crippen LogP contribution in [0, 0.1) is 0 Å². The number of phenols is 1. The molecule has 1 fully saturated rings. The van der Waals surface area contributed by atoms with Gasteiger partial charge in [-0.15, -0.1) is 0 Å². The fourth-order valence-electron chi connectivity index (χ4n) is 2.08. The van der Waals surface area contributed by atoms with Gasteiger partial charge in [0.2, 0.25) is 12.3 Å². The predicted molar refractivity (Wildman–Crippen MR) is 77.2 cm³/mol. The third kappa shape index (κ3) is 4.05. The van der Waals surface area contributed by atoms with Crippen LogP contribution in [0.25, 0.3) is 0 Å². The van der Waals surface area contributed by atoms with E-state index in [2.05, 4.69) is 10.6 Å². The van der Waals surface area contributed by atoms with E-state index in [-0.39, 0.29) is 24.5 Å². The van der Waals surface area contributed by atoms with Gasteiger partial charge in [0.05, 0.1) is 19.2 Å². The van der Waals surface area contributed by atoms with E-state index in [9.17, 15) is 19.5 Å². The maximum absolute atomic E-state index is 12.4. The number of benzene rings is 1. The Hall–Kier alpha value is -2.41. The number of rotatable bonds is 8. The van der Waals surface area contributed by atoms with E-state index in [4.69, 9.17) is 4.74 Å². The van der Waals surface area contributed by atoms with Crippen molar-refractivity contribution in [3.63, 3.8) is 0 Å². The van der Waals surface area contributed by atoms with E-state index in [0.29, 0.717) is 13.0 Å². The molecule has 7 heteroatoms. The summed E-state index contributed by atoms with van der Waals surface area (Å²) in [6, 6.07) is 5.64. The number of hydrogen-bond donors (Lipinski definition) is 3. The van der Waals surface area contributed by atoms with E-state index < -0.39 is 17.6 Å². The molecule has 1 aliphatic rings. The number of epoxide rings is 1. The van der Waals surface area contributed by atoms with Crippen molar-refractivity contribution >= 4 is 18.1 Å². The number of hydrogen-bond acceptors (Lipinski definition) is 5. The van der Waals surface area contributed by atoms with Gasteiger partial charge >= 0.3 is 0 Å². The molecule has 1 heterocycles. The van der Waals surface area contributed by atoms with Crippen molar-refractivity contribution in [1.29, 1.82) is 0 Å². The molecule has 0 unspecified atom stereocenters. The average molecular weight is 306 g/mol. The highest BCUT2D eigenvalue weighted by atomic mass is 16.6. The third-order valence-corrected chi connectivity index (χ3v) is 3.47. The van der Waals surface area contributed by atoms with Gasteiger partial charge in [-0.05, 0) is 31.0 Å². The number of carbonyl (C=O) groups excluding carboxylic acids is 3.